The molecule has 5 atom stereocenters. The lowest BCUT2D eigenvalue weighted by molar-refractivity contribution is -0.142. The van der Waals surface area contributed by atoms with Crippen molar-refractivity contribution in [3.63, 3.8) is 0 Å². The lowest BCUT2D eigenvalue weighted by Gasteiger charge is -2.20. The molecule has 258 valence electrons. The third kappa shape index (κ3) is 15.0. The molecule has 3 N–H and O–H groups in total. The van der Waals surface area contributed by atoms with Crippen LogP contribution < -0.4 is 10.6 Å². The van der Waals surface area contributed by atoms with Crippen LogP contribution in [0.15, 0.2) is 66.8 Å². The average molecular weight is 663 g/mol. The van der Waals surface area contributed by atoms with Crippen LogP contribution in [-0.2, 0) is 20.1 Å². The monoisotopic (exact) mass is 662 g/mol. The molecule has 3 rings (SSSR count). The highest BCUT2D eigenvalue weighted by molar-refractivity contribution is 7.79. The molecular formula is C40H58N2O4S. The number of carboxylic acid groups (broad SMARTS) is 1. The number of nitrogens with one attached hydrogen (secondary N) is 2. The first-order chi connectivity index (χ1) is 22.2. The maximum atomic E-state index is 12.2. The van der Waals surface area contributed by atoms with Crippen LogP contribution >= 0.6 is 12.6 Å². The van der Waals surface area contributed by atoms with Crippen molar-refractivity contribution >= 4 is 30.4 Å². The smallest absolute Gasteiger partial charge is 0.306 e. The molecule has 0 saturated heterocycles. The van der Waals surface area contributed by atoms with Gasteiger partial charge in [0.25, 0.3) is 0 Å². The fraction of sp³-hybridized carbons (Fsp3) is 0.525. The second-order valence-electron chi connectivity index (χ2n) is 13.9. The zero-order chi connectivity index (χ0) is 35.1. The predicted octanol–water partition coefficient (Wildman–Crippen LogP) is 8.37. The molecule has 1 aliphatic carbocycles. The lowest BCUT2D eigenvalue weighted by Crippen LogP contribution is -2.38. The van der Waals surface area contributed by atoms with E-state index in [1.54, 1.807) is 0 Å². The summed E-state index contributed by atoms with van der Waals surface area (Å²) in [5.41, 5.74) is 7.57. The Labute approximate surface area is 289 Å². The molecule has 0 bridgehead atoms. The summed E-state index contributed by atoms with van der Waals surface area (Å²) < 4.78 is 0. The molecule has 0 aromatic heterocycles. The summed E-state index contributed by atoms with van der Waals surface area (Å²) in [7, 11) is 0. The van der Waals surface area contributed by atoms with Gasteiger partial charge in [0.15, 0.2) is 0 Å². The van der Waals surface area contributed by atoms with Crippen molar-refractivity contribution in [3.8, 4) is 0 Å². The van der Waals surface area contributed by atoms with Crippen molar-refractivity contribution < 1.29 is 19.5 Å². The van der Waals surface area contributed by atoms with Gasteiger partial charge < -0.3 is 15.7 Å². The summed E-state index contributed by atoms with van der Waals surface area (Å²) >= 11 is 4.32. The molecule has 2 aromatic carbocycles. The summed E-state index contributed by atoms with van der Waals surface area (Å²) in [6.07, 6.45) is 7.47. The molecule has 0 aliphatic heterocycles. The van der Waals surface area contributed by atoms with E-state index in [0.29, 0.717) is 37.1 Å². The van der Waals surface area contributed by atoms with E-state index in [-0.39, 0.29) is 30.2 Å². The van der Waals surface area contributed by atoms with Gasteiger partial charge in [0.2, 0.25) is 11.8 Å². The second-order valence-corrected chi connectivity index (χ2v) is 14.2. The Hall–Kier alpha value is -3.32. The van der Waals surface area contributed by atoms with Gasteiger partial charge in [-0.15, -0.1) is 0 Å². The van der Waals surface area contributed by atoms with E-state index in [9.17, 15) is 19.5 Å². The van der Waals surface area contributed by atoms with Crippen LogP contribution in [0.1, 0.15) is 93.5 Å². The molecule has 0 heterocycles. The van der Waals surface area contributed by atoms with Gasteiger partial charge in [-0.25, -0.2) is 0 Å². The summed E-state index contributed by atoms with van der Waals surface area (Å²) in [5.74, 6) is 1.10. The average Bonchev–Trinajstić information content (AvgIpc) is 3.84. The quantitative estimate of drug-likeness (QED) is 0.0778. The number of aliphatic carboxylic acids is 1. The van der Waals surface area contributed by atoms with E-state index < -0.39 is 11.9 Å². The SMILES string of the molecule is C=C(C[C@@H](CC(C)C)C(=O)O)[C@H](C)CNC(=O)CNC(=O)/C=C/CC[C@H](C)C1C[C@@H]1c1ccc(CS)cc1.Cc1ccc(C)c(C)c1. The minimum absolute atomic E-state index is 0.0518. The number of hydrogen-bond donors (Lipinski definition) is 4. The lowest BCUT2D eigenvalue weighted by atomic mass is 9.87. The van der Waals surface area contributed by atoms with Gasteiger partial charge in [-0.1, -0.05) is 94.0 Å². The van der Waals surface area contributed by atoms with Gasteiger partial charge in [0.05, 0.1) is 12.5 Å². The molecule has 0 radical (unpaired) electrons. The van der Waals surface area contributed by atoms with Crippen molar-refractivity contribution in [3.05, 3.63) is 94.6 Å². The molecule has 1 fully saturated rings. The minimum atomic E-state index is -0.812. The van der Waals surface area contributed by atoms with Crippen molar-refractivity contribution in [1.29, 1.82) is 0 Å². The van der Waals surface area contributed by atoms with Crippen LogP contribution in [0.3, 0.4) is 0 Å². The molecule has 2 amide bonds. The number of thiol groups is 1. The van der Waals surface area contributed by atoms with Gasteiger partial charge in [0, 0.05) is 12.3 Å². The number of rotatable bonds is 17. The Bertz CT molecular complexity index is 1350. The van der Waals surface area contributed by atoms with Gasteiger partial charge in [0.1, 0.15) is 0 Å². The predicted molar refractivity (Wildman–Crippen MR) is 198 cm³/mol. The molecule has 1 saturated carbocycles. The molecular weight excluding hydrogens is 605 g/mol. The molecule has 7 heteroatoms. The van der Waals surface area contributed by atoms with E-state index in [1.165, 1.54) is 40.3 Å². The van der Waals surface area contributed by atoms with E-state index in [1.807, 2.05) is 26.8 Å². The molecule has 0 spiro atoms. The van der Waals surface area contributed by atoms with Crippen molar-refractivity contribution in [2.75, 3.05) is 13.1 Å². The van der Waals surface area contributed by atoms with Crippen LogP contribution in [0.4, 0.5) is 0 Å². The number of carboxylic acids is 1. The van der Waals surface area contributed by atoms with Crippen LogP contribution in [0.25, 0.3) is 0 Å². The number of hydrogen-bond acceptors (Lipinski definition) is 4. The highest BCUT2D eigenvalue weighted by atomic mass is 32.1. The number of benzene rings is 2. The standard InChI is InChI=1S/C31H46N2O4S.C9H12/c1-20(2)14-26(31(36)37)15-22(4)23(5)17-32-30(35)18-33-29(34)9-7-6-8-21(3)27-16-28(27)25-12-10-24(19-38)11-13-25;1-7-4-5-8(2)9(3)6-7/h7,9-13,20-21,23,26-28,38H,4,6,8,14-19H2,1-3,5H3,(H,32,35)(H,33,34)(H,36,37);4-6H,1-3H3/b9-7+;/t21-,23+,26+,27?,28+;/m0./s1. The zero-order valence-corrected chi connectivity index (χ0v) is 30.5. The van der Waals surface area contributed by atoms with E-state index in [0.717, 1.165) is 24.2 Å². The first-order valence-electron chi connectivity index (χ1n) is 17.1. The Morgan fingerprint density at radius 3 is 2.26 bits per heavy atom. The van der Waals surface area contributed by atoms with Gasteiger partial charge in [-0.2, -0.15) is 12.6 Å². The number of carbonyl (C=O) groups is 3. The van der Waals surface area contributed by atoms with Crippen molar-refractivity contribution in [2.45, 2.75) is 92.2 Å². The Morgan fingerprint density at radius 1 is 1.00 bits per heavy atom. The fourth-order valence-corrected chi connectivity index (χ4v) is 6.02. The Morgan fingerprint density at radius 2 is 1.68 bits per heavy atom. The summed E-state index contributed by atoms with van der Waals surface area (Å²) in [6, 6.07) is 15.3. The van der Waals surface area contributed by atoms with Gasteiger partial charge >= 0.3 is 5.97 Å². The number of allylic oxidation sites excluding steroid dienone is 1. The minimum Gasteiger partial charge on any atom is -0.481 e. The Balaban J connectivity index is 0.000000731. The van der Waals surface area contributed by atoms with Gasteiger partial charge in [-0.3, -0.25) is 14.4 Å². The number of amides is 2. The maximum absolute atomic E-state index is 12.2. The number of aryl methyl sites for hydroxylation is 3. The molecule has 6 nitrogen and oxygen atoms in total. The fourth-order valence-electron chi connectivity index (χ4n) is 5.81. The first kappa shape index (κ1) is 39.9. The largest absolute Gasteiger partial charge is 0.481 e. The second kappa shape index (κ2) is 20.1. The topological polar surface area (TPSA) is 95.5 Å². The van der Waals surface area contributed by atoms with E-state index in [2.05, 4.69) is 100 Å². The molecule has 1 unspecified atom stereocenters. The third-order valence-electron chi connectivity index (χ3n) is 9.22. The van der Waals surface area contributed by atoms with Gasteiger partial charge in [-0.05, 0) is 111 Å². The number of carbonyl (C=O) groups excluding carboxylic acids is 2. The van der Waals surface area contributed by atoms with Crippen LogP contribution in [0.5, 0.6) is 0 Å². The van der Waals surface area contributed by atoms with E-state index >= 15 is 0 Å². The van der Waals surface area contributed by atoms with Crippen molar-refractivity contribution in [1.82, 2.24) is 10.6 Å². The van der Waals surface area contributed by atoms with E-state index in [4.69, 9.17) is 0 Å². The Kier molecular flexibility index (Phi) is 17.1. The summed E-state index contributed by atoms with van der Waals surface area (Å²) in [5, 5.41) is 14.9. The maximum Gasteiger partial charge on any atom is 0.306 e. The van der Waals surface area contributed by atoms with Crippen LogP contribution in [0, 0.1) is 50.4 Å². The molecule has 2 aromatic rings. The third-order valence-corrected chi connectivity index (χ3v) is 9.59. The van der Waals surface area contributed by atoms with Crippen LogP contribution in [-0.4, -0.2) is 36.0 Å². The normalized spacial score (nSPS) is 17.3. The highest BCUT2D eigenvalue weighted by Crippen LogP contribution is 2.52. The summed E-state index contributed by atoms with van der Waals surface area (Å²) in [6.45, 7) is 18.9. The zero-order valence-electron chi connectivity index (χ0n) is 29.6. The highest BCUT2D eigenvalue weighted by Gasteiger charge is 2.41. The van der Waals surface area contributed by atoms with Crippen molar-refractivity contribution in [2.24, 2.45) is 29.6 Å². The van der Waals surface area contributed by atoms with Crippen LogP contribution in [0.2, 0.25) is 0 Å². The molecule has 1 aliphatic rings. The summed E-state index contributed by atoms with van der Waals surface area (Å²) in [4.78, 5) is 35.7. The molecule has 47 heavy (non-hydrogen) atoms. The first-order valence-corrected chi connectivity index (χ1v) is 17.7.